The number of benzene rings is 1. The number of carboxylic acid groups (broad SMARTS) is 2. The molecule has 3 amide bonds. The summed E-state index contributed by atoms with van der Waals surface area (Å²) in [6.07, 6.45) is -0.593. The highest BCUT2D eigenvalue weighted by Gasteiger charge is 2.30. The average Bonchev–Trinajstić information content (AvgIpc) is 2.83. The number of nitrogens with one attached hydrogen (secondary N) is 3. The van der Waals surface area contributed by atoms with Gasteiger partial charge < -0.3 is 48.5 Å². The van der Waals surface area contributed by atoms with Crippen molar-refractivity contribution in [2.24, 2.45) is 22.2 Å². The van der Waals surface area contributed by atoms with E-state index in [9.17, 15) is 34.2 Å². The maximum Gasteiger partial charge on any atom is 0.326 e. The summed E-state index contributed by atoms with van der Waals surface area (Å²) in [4.78, 5) is 64.2. The van der Waals surface area contributed by atoms with Gasteiger partial charge in [-0.15, -0.1) is 0 Å². The van der Waals surface area contributed by atoms with E-state index in [1.54, 1.807) is 0 Å². The Bertz CT molecular complexity index is 980. The summed E-state index contributed by atoms with van der Waals surface area (Å²) < 4.78 is 0. The number of hydrogen-bond donors (Lipinski definition) is 9. The second-order valence-electron chi connectivity index (χ2n) is 8.04. The van der Waals surface area contributed by atoms with E-state index in [0.717, 1.165) is 0 Å². The number of aromatic hydroxyl groups is 1. The van der Waals surface area contributed by atoms with Gasteiger partial charge in [-0.3, -0.25) is 24.2 Å². The lowest BCUT2D eigenvalue weighted by molar-refractivity contribution is -0.142. The molecule has 0 bridgehead atoms. The van der Waals surface area contributed by atoms with Gasteiger partial charge in [0.05, 0.1) is 6.54 Å². The number of guanidine groups is 1. The fourth-order valence-corrected chi connectivity index (χ4v) is 3.17. The van der Waals surface area contributed by atoms with Crippen LogP contribution < -0.4 is 33.2 Å². The van der Waals surface area contributed by atoms with Gasteiger partial charge in [-0.25, -0.2) is 4.79 Å². The first-order chi connectivity index (χ1) is 17.4. The van der Waals surface area contributed by atoms with Crippen LogP contribution in [0.15, 0.2) is 29.3 Å². The second kappa shape index (κ2) is 15.6. The highest BCUT2D eigenvalue weighted by molar-refractivity contribution is 5.94. The third-order valence-electron chi connectivity index (χ3n) is 5.05. The number of carboxylic acids is 2. The van der Waals surface area contributed by atoms with Crippen LogP contribution in [0.5, 0.6) is 5.75 Å². The Morgan fingerprint density at radius 2 is 1.46 bits per heavy atom. The molecular weight excluding hydrogens is 490 g/mol. The molecule has 0 fully saturated rings. The topological polar surface area (TPSA) is 273 Å². The molecule has 0 aliphatic carbocycles. The van der Waals surface area contributed by atoms with Crippen molar-refractivity contribution < 1.29 is 39.3 Å². The third-order valence-corrected chi connectivity index (χ3v) is 5.05. The van der Waals surface area contributed by atoms with Gasteiger partial charge in [-0.2, -0.15) is 0 Å². The smallest absolute Gasteiger partial charge is 0.326 e. The number of rotatable bonds is 16. The van der Waals surface area contributed by atoms with E-state index in [1.807, 2.05) is 0 Å². The maximum absolute atomic E-state index is 13.1. The highest BCUT2D eigenvalue weighted by Crippen LogP contribution is 2.12. The summed E-state index contributed by atoms with van der Waals surface area (Å²) in [5.41, 5.74) is 16.3. The second-order valence-corrected chi connectivity index (χ2v) is 8.04. The number of phenolic OH excluding ortho intramolecular Hbond substituents is 1. The first-order valence-corrected chi connectivity index (χ1v) is 11.3. The number of carbonyl (C=O) groups excluding carboxylic acids is 3. The van der Waals surface area contributed by atoms with Crippen LogP contribution in [0.2, 0.25) is 0 Å². The summed E-state index contributed by atoms with van der Waals surface area (Å²) in [5, 5.41) is 35.1. The van der Waals surface area contributed by atoms with Gasteiger partial charge in [0, 0.05) is 19.4 Å². The molecule has 0 aliphatic heterocycles. The minimum Gasteiger partial charge on any atom is -0.508 e. The Hall–Kier alpha value is -4.40. The number of carbonyl (C=O) groups is 5. The number of amides is 3. The lowest BCUT2D eigenvalue weighted by atomic mass is 10.0. The molecule has 0 aliphatic rings. The van der Waals surface area contributed by atoms with Gasteiger partial charge in [-0.05, 0) is 37.0 Å². The first kappa shape index (κ1) is 30.6. The van der Waals surface area contributed by atoms with Crippen molar-refractivity contribution in [3.05, 3.63) is 29.8 Å². The quantitative estimate of drug-likeness (QED) is 0.0613. The molecule has 204 valence electrons. The van der Waals surface area contributed by atoms with Crippen molar-refractivity contribution in [3.8, 4) is 5.75 Å². The van der Waals surface area contributed by atoms with E-state index in [2.05, 4.69) is 20.9 Å². The number of nitrogens with two attached hydrogens (primary N) is 3. The molecule has 0 aromatic heterocycles. The van der Waals surface area contributed by atoms with Crippen LogP contribution in [-0.4, -0.2) is 82.2 Å². The van der Waals surface area contributed by atoms with Crippen molar-refractivity contribution >= 4 is 35.6 Å². The van der Waals surface area contributed by atoms with Gasteiger partial charge in [0.2, 0.25) is 17.7 Å². The average molecular weight is 524 g/mol. The van der Waals surface area contributed by atoms with Crippen LogP contribution >= 0.6 is 0 Å². The van der Waals surface area contributed by atoms with Crippen LogP contribution in [0, 0.1) is 0 Å². The Morgan fingerprint density at radius 1 is 0.865 bits per heavy atom. The summed E-state index contributed by atoms with van der Waals surface area (Å²) >= 11 is 0. The number of aliphatic carboxylic acids is 2. The molecular formula is C22H33N7O8. The SMILES string of the molecule is NCC(=O)NC(CCC(=O)O)C(=O)NC(Cc1ccc(O)cc1)C(=O)NC(CCCN=C(N)N)C(=O)O. The minimum absolute atomic E-state index is 0.00841. The minimum atomic E-state index is -1.32. The Morgan fingerprint density at radius 3 is 2.00 bits per heavy atom. The monoisotopic (exact) mass is 523 g/mol. The number of hydrogen-bond acceptors (Lipinski definition) is 8. The molecule has 0 radical (unpaired) electrons. The molecule has 1 aromatic carbocycles. The van der Waals surface area contributed by atoms with E-state index < -0.39 is 60.8 Å². The molecule has 15 heteroatoms. The lowest BCUT2D eigenvalue weighted by Crippen LogP contribution is -2.56. The largest absolute Gasteiger partial charge is 0.508 e. The molecule has 37 heavy (non-hydrogen) atoms. The van der Waals surface area contributed by atoms with Gasteiger partial charge in [0.1, 0.15) is 23.9 Å². The number of phenols is 1. The predicted octanol–water partition coefficient (Wildman–Crippen LogP) is -2.65. The summed E-state index contributed by atoms with van der Waals surface area (Å²) in [6, 6.07) is 1.81. The van der Waals surface area contributed by atoms with Crippen molar-refractivity contribution in [1.82, 2.24) is 16.0 Å². The standard InChI is InChI=1S/C22H33N7O8/c23-11-17(31)27-14(7-8-18(32)33)19(34)29-16(10-12-3-5-13(30)6-4-12)20(35)28-15(21(36)37)2-1-9-26-22(24)25/h3-6,14-16,30H,1-2,7-11,23H2,(H,27,31)(H,28,35)(H,29,34)(H,32,33)(H,36,37)(H4,24,25,26). The Kier molecular flexibility index (Phi) is 12.9. The fourth-order valence-electron chi connectivity index (χ4n) is 3.17. The lowest BCUT2D eigenvalue weighted by Gasteiger charge is -2.24. The van der Waals surface area contributed by atoms with Gasteiger partial charge in [0.25, 0.3) is 0 Å². The van der Waals surface area contributed by atoms with E-state index in [0.29, 0.717) is 5.56 Å². The molecule has 0 heterocycles. The van der Waals surface area contributed by atoms with Crippen molar-refractivity contribution in [3.63, 3.8) is 0 Å². The van der Waals surface area contributed by atoms with Crippen molar-refractivity contribution in [1.29, 1.82) is 0 Å². The molecule has 0 saturated heterocycles. The normalized spacial score (nSPS) is 12.9. The third kappa shape index (κ3) is 12.2. The molecule has 15 nitrogen and oxygen atoms in total. The maximum atomic E-state index is 13.1. The summed E-state index contributed by atoms with van der Waals surface area (Å²) in [7, 11) is 0. The van der Waals surface area contributed by atoms with E-state index in [1.165, 1.54) is 24.3 Å². The molecule has 3 atom stereocenters. The molecule has 3 unspecified atom stereocenters. The molecule has 1 aromatic rings. The summed E-state index contributed by atoms with van der Waals surface area (Å²) in [6.45, 7) is -0.309. The van der Waals surface area contributed by atoms with Gasteiger partial charge in [0.15, 0.2) is 5.96 Å². The molecule has 1 rings (SSSR count). The van der Waals surface area contributed by atoms with Gasteiger partial charge >= 0.3 is 11.9 Å². The molecule has 0 saturated carbocycles. The van der Waals surface area contributed by atoms with Crippen LogP contribution in [0.4, 0.5) is 0 Å². The van der Waals surface area contributed by atoms with Crippen LogP contribution in [0.25, 0.3) is 0 Å². The predicted molar refractivity (Wildman–Crippen MR) is 131 cm³/mol. The molecule has 12 N–H and O–H groups in total. The fraction of sp³-hybridized carbons (Fsp3) is 0.455. The zero-order valence-corrected chi connectivity index (χ0v) is 20.1. The van der Waals surface area contributed by atoms with Crippen molar-refractivity contribution in [2.45, 2.75) is 50.2 Å². The van der Waals surface area contributed by atoms with Crippen LogP contribution in [-0.2, 0) is 30.4 Å². The Balaban J connectivity index is 3.09. The zero-order chi connectivity index (χ0) is 28.0. The number of aliphatic imine (C=N–C) groups is 1. The first-order valence-electron chi connectivity index (χ1n) is 11.3. The van der Waals surface area contributed by atoms with Crippen molar-refractivity contribution in [2.75, 3.05) is 13.1 Å². The zero-order valence-electron chi connectivity index (χ0n) is 20.1. The van der Waals surface area contributed by atoms with Crippen LogP contribution in [0.3, 0.4) is 0 Å². The summed E-state index contributed by atoms with van der Waals surface area (Å²) in [5.74, 6) is -5.12. The highest BCUT2D eigenvalue weighted by atomic mass is 16.4. The van der Waals surface area contributed by atoms with E-state index in [4.69, 9.17) is 22.3 Å². The van der Waals surface area contributed by atoms with Crippen LogP contribution in [0.1, 0.15) is 31.2 Å². The van der Waals surface area contributed by atoms with Gasteiger partial charge in [-0.1, -0.05) is 12.1 Å². The number of nitrogens with zero attached hydrogens (tertiary/aromatic N) is 1. The molecule has 0 spiro atoms. The van der Waals surface area contributed by atoms with E-state index in [-0.39, 0.29) is 43.9 Å². The van der Waals surface area contributed by atoms with E-state index >= 15 is 0 Å². The Labute approximate surface area is 212 Å².